The lowest BCUT2D eigenvalue weighted by atomic mass is 10.1. The summed E-state index contributed by atoms with van der Waals surface area (Å²) in [5.41, 5.74) is -1.15. The van der Waals surface area contributed by atoms with Crippen molar-refractivity contribution < 1.29 is 27.9 Å². The van der Waals surface area contributed by atoms with Gasteiger partial charge < -0.3 is 15.7 Å². The SMILES string of the molecule is O=C(O)NC(C(=O)Nc1ccccc1C(F)(F)F)c1ccccc1. The zero-order chi connectivity index (χ0) is 17.7. The summed E-state index contributed by atoms with van der Waals surface area (Å²) in [7, 11) is 0. The molecule has 3 N–H and O–H groups in total. The molecule has 0 aromatic heterocycles. The number of nitrogens with one attached hydrogen (secondary N) is 2. The second-order valence-corrected chi connectivity index (χ2v) is 4.83. The third-order valence-electron chi connectivity index (χ3n) is 3.15. The van der Waals surface area contributed by atoms with Crippen LogP contribution in [0.4, 0.5) is 23.7 Å². The molecule has 126 valence electrons. The Kier molecular flexibility index (Phi) is 5.08. The van der Waals surface area contributed by atoms with Crippen molar-refractivity contribution in [3.8, 4) is 0 Å². The zero-order valence-electron chi connectivity index (χ0n) is 12.2. The molecule has 0 heterocycles. The molecule has 0 aliphatic heterocycles. The highest BCUT2D eigenvalue weighted by atomic mass is 19.4. The fourth-order valence-electron chi connectivity index (χ4n) is 2.11. The van der Waals surface area contributed by atoms with Crippen LogP contribution in [0.2, 0.25) is 0 Å². The van der Waals surface area contributed by atoms with Crippen LogP contribution in [0.25, 0.3) is 0 Å². The van der Waals surface area contributed by atoms with E-state index in [0.717, 1.165) is 12.1 Å². The van der Waals surface area contributed by atoms with Gasteiger partial charge in [0.2, 0.25) is 0 Å². The smallest absolute Gasteiger partial charge is 0.418 e. The molecule has 1 atom stereocenters. The van der Waals surface area contributed by atoms with Crippen LogP contribution in [-0.2, 0) is 11.0 Å². The minimum atomic E-state index is -4.65. The number of para-hydroxylation sites is 1. The fraction of sp³-hybridized carbons (Fsp3) is 0.125. The van der Waals surface area contributed by atoms with Gasteiger partial charge in [0, 0.05) is 0 Å². The molecule has 0 bridgehead atoms. The monoisotopic (exact) mass is 338 g/mol. The molecule has 0 aliphatic carbocycles. The molecule has 1 unspecified atom stereocenters. The van der Waals surface area contributed by atoms with E-state index in [1.165, 1.54) is 24.3 Å². The van der Waals surface area contributed by atoms with Crippen LogP contribution in [0.5, 0.6) is 0 Å². The highest BCUT2D eigenvalue weighted by Crippen LogP contribution is 2.34. The van der Waals surface area contributed by atoms with E-state index in [4.69, 9.17) is 5.11 Å². The van der Waals surface area contributed by atoms with Crippen LogP contribution >= 0.6 is 0 Å². The summed E-state index contributed by atoms with van der Waals surface area (Å²) in [6.07, 6.45) is -6.12. The number of carbonyl (C=O) groups is 2. The van der Waals surface area contributed by atoms with Gasteiger partial charge in [0.1, 0.15) is 6.04 Å². The molecule has 0 fully saturated rings. The minimum absolute atomic E-state index is 0.307. The van der Waals surface area contributed by atoms with Gasteiger partial charge in [-0.1, -0.05) is 42.5 Å². The third kappa shape index (κ3) is 4.25. The summed E-state index contributed by atoms with van der Waals surface area (Å²) >= 11 is 0. The largest absolute Gasteiger partial charge is 0.465 e. The van der Waals surface area contributed by atoms with Gasteiger partial charge >= 0.3 is 12.3 Å². The first kappa shape index (κ1) is 17.3. The maximum Gasteiger partial charge on any atom is 0.418 e. The van der Waals surface area contributed by atoms with Gasteiger partial charge in [-0.15, -0.1) is 0 Å². The summed E-state index contributed by atoms with van der Waals surface area (Å²) in [4.78, 5) is 23.2. The lowest BCUT2D eigenvalue weighted by molar-refractivity contribution is -0.137. The van der Waals surface area contributed by atoms with E-state index in [2.05, 4.69) is 5.32 Å². The maximum absolute atomic E-state index is 13.0. The highest BCUT2D eigenvalue weighted by Gasteiger charge is 2.34. The number of halogens is 3. The summed E-state index contributed by atoms with van der Waals surface area (Å²) < 4.78 is 38.9. The van der Waals surface area contributed by atoms with Gasteiger partial charge in [-0.25, -0.2) is 4.79 Å². The van der Waals surface area contributed by atoms with Crippen LogP contribution < -0.4 is 10.6 Å². The molecule has 5 nitrogen and oxygen atoms in total. The van der Waals surface area contributed by atoms with Gasteiger partial charge in [-0.05, 0) is 17.7 Å². The maximum atomic E-state index is 13.0. The highest BCUT2D eigenvalue weighted by molar-refractivity contribution is 5.97. The van der Waals surface area contributed by atoms with Crippen molar-refractivity contribution in [3.05, 3.63) is 65.7 Å². The molecule has 0 aliphatic rings. The van der Waals surface area contributed by atoms with Crippen molar-refractivity contribution in [3.63, 3.8) is 0 Å². The second-order valence-electron chi connectivity index (χ2n) is 4.83. The van der Waals surface area contributed by atoms with E-state index in [9.17, 15) is 22.8 Å². The Labute approximate surface area is 135 Å². The molecular weight excluding hydrogens is 325 g/mol. The van der Waals surface area contributed by atoms with Gasteiger partial charge in [0.25, 0.3) is 5.91 Å². The van der Waals surface area contributed by atoms with Crippen molar-refractivity contribution >= 4 is 17.7 Å². The predicted molar refractivity (Wildman–Crippen MR) is 80.4 cm³/mol. The average molecular weight is 338 g/mol. The normalized spacial score (nSPS) is 12.3. The molecule has 0 saturated heterocycles. The van der Waals surface area contributed by atoms with E-state index in [1.807, 2.05) is 5.32 Å². The summed E-state index contributed by atoms with van der Waals surface area (Å²) in [5, 5.41) is 13.0. The zero-order valence-corrected chi connectivity index (χ0v) is 12.2. The van der Waals surface area contributed by atoms with Crippen molar-refractivity contribution in [2.45, 2.75) is 12.2 Å². The van der Waals surface area contributed by atoms with Crippen LogP contribution in [0.15, 0.2) is 54.6 Å². The van der Waals surface area contributed by atoms with Crippen molar-refractivity contribution in [1.29, 1.82) is 0 Å². The second kappa shape index (κ2) is 7.03. The van der Waals surface area contributed by atoms with Crippen molar-refractivity contribution in [2.24, 2.45) is 0 Å². The summed E-state index contributed by atoms with van der Waals surface area (Å²) in [6, 6.07) is 11.0. The molecule has 2 aromatic rings. The van der Waals surface area contributed by atoms with Crippen molar-refractivity contribution in [1.82, 2.24) is 5.32 Å². The Morgan fingerprint density at radius 1 is 0.958 bits per heavy atom. The van der Waals surface area contributed by atoms with E-state index in [1.54, 1.807) is 18.2 Å². The summed E-state index contributed by atoms with van der Waals surface area (Å²) in [5.74, 6) is -0.916. The first-order chi connectivity index (χ1) is 11.3. The van der Waals surface area contributed by atoms with E-state index >= 15 is 0 Å². The topological polar surface area (TPSA) is 78.4 Å². The molecule has 8 heteroatoms. The van der Waals surface area contributed by atoms with Gasteiger partial charge in [-0.2, -0.15) is 13.2 Å². The van der Waals surface area contributed by atoms with Gasteiger partial charge in [0.15, 0.2) is 0 Å². The molecule has 0 spiro atoms. The number of alkyl halides is 3. The number of rotatable bonds is 4. The number of carbonyl (C=O) groups excluding carboxylic acids is 1. The Bertz CT molecular complexity index is 733. The van der Waals surface area contributed by atoms with Crippen LogP contribution in [0.3, 0.4) is 0 Å². The number of amides is 2. The van der Waals surface area contributed by atoms with Gasteiger partial charge in [0.05, 0.1) is 11.3 Å². The molecule has 2 aromatic carbocycles. The molecule has 24 heavy (non-hydrogen) atoms. The predicted octanol–water partition coefficient (Wildman–Crippen LogP) is 3.65. The summed E-state index contributed by atoms with van der Waals surface area (Å²) in [6.45, 7) is 0. The van der Waals surface area contributed by atoms with Crippen LogP contribution in [0.1, 0.15) is 17.2 Å². The fourth-order valence-corrected chi connectivity index (χ4v) is 2.11. The number of hydrogen-bond donors (Lipinski definition) is 3. The molecule has 2 amide bonds. The van der Waals surface area contributed by atoms with E-state index in [-0.39, 0.29) is 0 Å². The van der Waals surface area contributed by atoms with Crippen LogP contribution in [-0.4, -0.2) is 17.1 Å². The lowest BCUT2D eigenvalue weighted by Crippen LogP contribution is -2.36. The molecular formula is C16H13F3N2O3. The third-order valence-corrected chi connectivity index (χ3v) is 3.15. The minimum Gasteiger partial charge on any atom is -0.465 e. The number of anilines is 1. The van der Waals surface area contributed by atoms with Crippen LogP contribution in [0, 0.1) is 0 Å². The van der Waals surface area contributed by atoms with Crippen molar-refractivity contribution in [2.75, 3.05) is 5.32 Å². The Hall–Kier alpha value is -3.03. The standard InChI is InChI=1S/C16H13F3N2O3/c17-16(18,19)11-8-4-5-9-12(11)20-14(22)13(21-15(23)24)10-6-2-1-3-7-10/h1-9,13,21H,(H,20,22)(H,23,24). The Balaban J connectivity index is 2.31. The number of carboxylic acid groups (broad SMARTS) is 1. The molecule has 0 saturated carbocycles. The number of benzene rings is 2. The number of hydrogen-bond acceptors (Lipinski definition) is 2. The van der Waals surface area contributed by atoms with E-state index < -0.39 is 35.5 Å². The first-order valence-corrected chi connectivity index (χ1v) is 6.80. The van der Waals surface area contributed by atoms with E-state index in [0.29, 0.717) is 5.56 Å². The lowest BCUT2D eigenvalue weighted by Gasteiger charge is -2.19. The first-order valence-electron chi connectivity index (χ1n) is 6.80. The Morgan fingerprint density at radius 3 is 2.12 bits per heavy atom. The molecule has 0 radical (unpaired) electrons. The molecule has 2 rings (SSSR count). The average Bonchev–Trinajstić information content (AvgIpc) is 2.52. The van der Waals surface area contributed by atoms with Gasteiger partial charge in [-0.3, -0.25) is 4.79 Å². The quantitative estimate of drug-likeness (QED) is 0.796. The Morgan fingerprint density at radius 2 is 1.54 bits per heavy atom.